The molecule has 0 aromatic carbocycles. The minimum absolute atomic E-state index is 0.366. The molecule has 88 valence electrons. The molecule has 1 rings (SSSR count). The molecule has 1 atom stereocenters. The summed E-state index contributed by atoms with van der Waals surface area (Å²) >= 11 is 0. The van der Waals surface area contributed by atoms with Gasteiger partial charge < -0.3 is 0 Å². The predicted molar refractivity (Wildman–Crippen MR) is 64.9 cm³/mol. The Hall–Kier alpha value is -0.330. The highest BCUT2D eigenvalue weighted by Crippen LogP contribution is 2.29. The van der Waals surface area contributed by atoms with E-state index in [2.05, 4.69) is 13.8 Å². The summed E-state index contributed by atoms with van der Waals surface area (Å²) in [4.78, 5) is 12.0. The van der Waals surface area contributed by atoms with E-state index in [4.69, 9.17) is 0 Å². The smallest absolute Gasteiger partial charge is 0.136 e. The van der Waals surface area contributed by atoms with Gasteiger partial charge in [0, 0.05) is 12.3 Å². The topological polar surface area (TPSA) is 17.1 Å². The summed E-state index contributed by atoms with van der Waals surface area (Å²) < 4.78 is 0. The van der Waals surface area contributed by atoms with Crippen molar-refractivity contribution in [2.75, 3.05) is 0 Å². The molecular formula is C14H26O. The Morgan fingerprint density at radius 2 is 1.93 bits per heavy atom. The van der Waals surface area contributed by atoms with Crippen LogP contribution in [0.5, 0.6) is 0 Å². The first-order valence-corrected chi connectivity index (χ1v) is 6.80. The molecule has 1 aliphatic carbocycles. The van der Waals surface area contributed by atoms with Crippen LogP contribution in [0.3, 0.4) is 0 Å². The molecule has 0 aromatic heterocycles. The van der Waals surface area contributed by atoms with Crippen LogP contribution in [-0.4, -0.2) is 5.78 Å². The van der Waals surface area contributed by atoms with E-state index >= 15 is 0 Å². The molecule has 0 spiro atoms. The number of ketones is 1. The lowest BCUT2D eigenvalue weighted by Crippen LogP contribution is -2.16. The van der Waals surface area contributed by atoms with Gasteiger partial charge in [0.1, 0.15) is 5.78 Å². The van der Waals surface area contributed by atoms with Crippen molar-refractivity contribution in [1.29, 1.82) is 0 Å². The van der Waals surface area contributed by atoms with E-state index in [1.165, 1.54) is 38.5 Å². The Labute approximate surface area is 94.6 Å². The van der Waals surface area contributed by atoms with Gasteiger partial charge in [-0.2, -0.15) is 0 Å². The molecule has 1 saturated carbocycles. The molecular weight excluding hydrogens is 184 g/mol. The minimum Gasteiger partial charge on any atom is -0.299 e. The second-order valence-corrected chi connectivity index (χ2v) is 5.07. The van der Waals surface area contributed by atoms with Crippen molar-refractivity contribution in [2.24, 2.45) is 11.8 Å². The normalized spacial score (nSPS) is 19.3. The molecule has 15 heavy (non-hydrogen) atoms. The monoisotopic (exact) mass is 210 g/mol. The Balaban J connectivity index is 2.28. The van der Waals surface area contributed by atoms with E-state index in [9.17, 15) is 4.79 Å². The number of rotatable bonds is 7. The zero-order valence-corrected chi connectivity index (χ0v) is 10.4. The lowest BCUT2D eigenvalue weighted by molar-refractivity contribution is -0.124. The van der Waals surface area contributed by atoms with Gasteiger partial charge in [0.25, 0.3) is 0 Å². The third-order valence-corrected chi connectivity index (χ3v) is 3.82. The second kappa shape index (κ2) is 7.03. The van der Waals surface area contributed by atoms with Crippen molar-refractivity contribution in [3.8, 4) is 0 Å². The molecule has 0 bridgehead atoms. The quantitative estimate of drug-likeness (QED) is 0.610. The van der Waals surface area contributed by atoms with Gasteiger partial charge in [-0.15, -0.1) is 0 Å². The summed E-state index contributed by atoms with van der Waals surface area (Å²) in [5, 5.41) is 0. The first kappa shape index (κ1) is 12.7. The third-order valence-electron chi connectivity index (χ3n) is 3.82. The summed E-state index contributed by atoms with van der Waals surface area (Å²) in [5.41, 5.74) is 0. The lowest BCUT2D eigenvalue weighted by atomic mass is 9.88. The van der Waals surface area contributed by atoms with Gasteiger partial charge in [-0.25, -0.2) is 0 Å². The fourth-order valence-corrected chi connectivity index (χ4v) is 2.71. The zero-order chi connectivity index (χ0) is 11.1. The lowest BCUT2D eigenvalue weighted by Gasteiger charge is -2.15. The first-order valence-electron chi connectivity index (χ1n) is 6.80. The Morgan fingerprint density at radius 3 is 2.47 bits per heavy atom. The van der Waals surface area contributed by atoms with Crippen LogP contribution in [0.4, 0.5) is 0 Å². The fraction of sp³-hybridized carbons (Fsp3) is 0.929. The second-order valence-electron chi connectivity index (χ2n) is 5.07. The number of unbranched alkanes of at least 4 members (excludes halogenated alkanes) is 1. The van der Waals surface area contributed by atoms with E-state index in [-0.39, 0.29) is 0 Å². The predicted octanol–water partition coefficient (Wildman–Crippen LogP) is 4.35. The minimum atomic E-state index is 0.366. The summed E-state index contributed by atoms with van der Waals surface area (Å²) in [6.07, 6.45) is 10.8. The van der Waals surface area contributed by atoms with Crippen molar-refractivity contribution in [2.45, 2.75) is 71.6 Å². The highest BCUT2D eigenvalue weighted by molar-refractivity contribution is 5.81. The number of Topliss-reactive ketones (excluding diaryl/α,β-unsaturated/α-hetero) is 1. The number of carbonyl (C=O) groups is 1. The molecule has 1 heteroatoms. The molecule has 0 aliphatic heterocycles. The van der Waals surface area contributed by atoms with Crippen LogP contribution in [0.2, 0.25) is 0 Å². The van der Waals surface area contributed by atoms with E-state index in [1.807, 2.05) is 0 Å². The van der Waals surface area contributed by atoms with Crippen molar-refractivity contribution in [3.05, 3.63) is 0 Å². The Bertz CT molecular complexity index is 180. The van der Waals surface area contributed by atoms with E-state index in [1.54, 1.807) is 0 Å². The van der Waals surface area contributed by atoms with Gasteiger partial charge in [0.05, 0.1) is 0 Å². The molecule has 0 radical (unpaired) electrons. The average molecular weight is 210 g/mol. The summed E-state index contributed by atoms with van der Waals surface area (Å²) in [7, 11) is 0. The first-order chi connectivity index (χ1) is 7.27. The van der Waals surface area contributed by atoms with Crippen molar-refractivity contribution in [3.63, 3.8) is 0 Å². The largest absolute Gasteiger partial charge is 0.299 e. The summed E-state index contributed by atoms with van der Waals surface area (Å²) in [5.74, 6) is 1.65. The SMILES string of the molecule is CCCCC(CC)C(=O)CC1CCCC1. The molecule has 1 nitrogen and oxygen atoms in total. The van der Waals surface area contributed by atoms with Gasteiger partial charge in [-0.3, -0.25) is 4.79 Å². The third kappa shape index (κ3) is 4.36. The van der Waals surface area contributed by atoms with Crippen LogP contribution in [0.15, 0.2) is 0 Å². The van der Waals surface area contributed by atoms with Gasteiger partial charge in [-0.1, -0.05) is 52.4 Å². The van der Waals surface area contributed by atoms with Gasteiger partial charge in [0.15, 0.2) is 0 Å². The van der Waals surface area contributed by atoms with Gasteiger partial charge >= 0.3 is 0 Å². The zero-order valence-electron chi connectivity index (χ0n) is 10.4. The van der Waals surface area contributed by atoms with E-state index < -0.39 is 0 Å². The van der Waals surface area contributed by atoms with Crippen LogP contribution in [0, 0.1) is 11.8 Å². The Kier molecular flexibility index (Phi) is 5.97. The molecule has 0 N–H and O–H groups in total. The molecule has 1 unspecified atom stereocenters. The van der Waals surface area contributed by atoms with Crippen LogP contribution >= 0.6 is 0 Å². The van der Waals surface area contributed by atoms with E-state index in [0.29, 0.717) is 11.7 Å². The van der Waals surface area contributed by atoms with Gasteiger partial charge in [0.2, 0.25) is 0 Å². The molecule has 0 aromatic rings. The van der Waals surface area contributed by atoms with Crippen molar-refractivity contribution >= 4 is 5.78 Å². The highest BCUT2D eigenvalue weighted by Gasteiger charge is 2.22. The average Bonchev–Trinajstić information content (AvgIpc) is 2.71. The van der Waals surface area contributed by atoms with Crippen molar-refractivity contribution in [1.82, 2.24) is 0 Å². The maximum Gasteiger partial charge on any atom is 0.136 e. The van der Waals surface area contributed by atoms with Crippen molar-refractivity contribution < 1.29 is 4.79 Å². The fourth-order valence-electron chi connectivity index (χ4n) is 2.71. The van der Waals surface area contributed by atoms with E-state index in [0.717, 1.165) is 25.2 Å². The molecule has 0 amide bonds. The van der Waals surface area contributed by atoms with Crippen LogP contribution < -0.4 is 0 Å². The molecule has 1 aliphatic rings. The van der Waals surface area contributed by atoms with Gasteiger partial charge in [-0.05, 0) is 18.8 Å². The summed E-state index contributed by atoms with van der Waals surface area (Å²) in [6.45, 7) is 4.36. The summed E-state index contributed by atoms with van der Waals surface area (Å²) in [6, 6.07) is 0. The maximum atomic E-state index is 12.0. The molecule has 0 saturated heterocycles. The number of hydrogen-bond donors (Lipinski definition) is 0. The Morgan fingerprint density at radius 1 is 1.27 bits per heavy atom. The van der Waals surface area contributed by atoms with Crippen LogP contribution in [-0.2, 0) is 4.79 Å². The molecule has 0 heterocycles. The highest BCUT2D eigenvalue weighted by atomic mass is 16.1. The molecule has 1 fully saturated rings. The van der Waals surface area contributed by atoms with Crippen LogP contribution in [0.1, 0.15) is 71.6 Å². The van der Waals surface area contributed by atoms with Crippen LogP contribution in [0.25, 0.3) is 0 Å². The maximum absolute atomic E-state index is 12.0. The number of carbonyl (C=O) groups excluding carboxylic acids is 1. The standard InChI is InChI=1S/C14H26O/c1-3-5-10-13(4-2)14(15)11-12-8-6-7-9-12/h12-13H,3-11H2,1-2H3. The number of hydrogen-bond acceptors (Lipinski definition) is 1.